The van der Waals surface area contributed by atoms with Crippen molar-refractivity contribution in [3.05, 3.63) is 42.5 Å². The highest BCUT2D eigenvalue weighted by Crippen LogP contribution is 2.27. The number of hydrogen-bond donors (Lipinski definition) is 3. The fourth-order valence-corrected chi connectivity index (χ4v) is 1.18. The Kier molecular flexibility index (Phi) is 4.47. The highest BCUT2D eigenvalue weighted by molar-refractivity contribution is 6.05. The SMILES string of the molecule is C=C(C)C(=O)Nc1ccc(O)c(NC(=O)C(=C)C)c1. The van der Waals surface area contributed by atoms with Crippen LogP contribution in [-0.4, -0.2) is 16.9 Å². The molecule has 19 heavy (non-hydrogen) atoms. The van der Waals surface area contributed by atoms with Gasteiger partial charge in [0.05, 0.1) is 5.69 Å². The molecule has 1 rings (SSSR count). The third kappa shape index (κ3) is 3.99. The van der Waals surface area contributed by atoms with E-state index < -0.39 is 5.91 Å². The second-order valence-corrected chi connectivity index (χ2v) is 4.20. The van der Waals surface area contributed by atoms with E-state index in [1.54, 1.807) is 13.8 Å². The summed E-state index contributed by atoms with van der Waals surface area (Å²) in [6, 6.07) is 4.35. The number of amides is 2. The van der Waals surface area contributed by atoms with Crippen molar-refractivity contribution in [1.82, 2.24) is 0 Å². The average Bonchev–Trinajstić information content (AvgIpc) is 2.32. The molecule has 3 N–H and O–H groups in total. The van der Waals surface area contributed by atoms with Crippen LogP contribution in [0.4, 0.5) is 11.4 Å². The Balaban J connectivity index is 2.94. The lowest BCUT2D eigenvalue weighted by molar-refractivity contribution is -0.113. The van der Waals surface area contributed by atoms with Gasteiger partial charge in [0.25, 0.3) is 11.8 Å². The molecule has 0 fully saturated rings. The first-order valence-electron chi connectivity index (χ1n) is 5.58. The Labute approximate surface area is 111 Å². The van der Waals surface area contributed by atoms with E-state index in [0.29, 0.717) is 16.8 Å². The number of anilines is 2. The van der Waals surface area contributed by atoms with Gasteiger partial charge in [-0.15, -0.1) is 0 Å². The molecule has 5 heteroatoms. The lowest BCUT2D eigenvalue weighted by Gasteiger charge is -2.10. The number of hydrogen-bond acceptors (Lipinski definition) is 3. The van der Waals surface area contributed by atoms with Crippen LogP contribution in [0.1, 0.15) is 13.8 Å². The lowest BCUT2D eigenvalue weighted by atomic mass is 10.2. The number of rotatable bonds is 4. The number of phenols is 1. The van der Waals surface area contributed by atoms with E-state index in [4.69, 9.17) is 0 Å². The van der Waals surface area contributed by atoms with E-state index in [0.717, 1.165) is 0 Å². The van der Waals surface area contributed by atoms with E-state index in [1.165, 1.54) is 18.2 Å². The number of phenolic OH excluding ortho intramolecular Hbond substituents is 1. The Morgan fingerprint density at radius 3 is 2.11 bits per heavy atom. The minimum absolute atomic E-state index is 0.0945. The quantitative estimate of drug-likeness (QED) is 0.442. The summed E-state index contributed by atoms with van der Waals surface area (Å²) in [5, 5.41) is 14.7. The zero-order valence-corrected chi connectivity index (χ0v) is 10.9. The third-order valence-corrected chi connectivity index (χ3v) is 2.28. The molecule has 0 aliphatic rings. The van der Waals surface area contributed by atoms with E-state index in [9.17, 15) is 14.7 Å². The van der Waals surface area contributed by atoms with Gasteiger partial charge in [0.2, 0.25) is 0 Å². The van der Waals surface area contributed by atoms with Crippen LogP contribution in [0.25, 0.3) is 0 Å². The van der Waals surface area contributed by atoms with Crippen molar-refractivity contribution in [1.29, 1.82) is 0 Å². The summed E-state index contributed by atoms with van der Waals surface area (Å²) >= 11 is 0. The van der Waals surface area contributed by atoms with Crippen molar-refractivity contribution in [2.75, 3.05) is 10.6 Å². The summed E-state index contributed by atoms with van der Waals surface area (Å²) < 4.78 is 0. The summed E-state index contributed by atoms with van der Waals surface area (Å²) in [6.45, 7) is 10.2. The predicted octanol–water partition coefficient (Wildman–Crippen LogP) is 2.42. The smallest absolute Gasteiger partial charge is 0.250 e. The van der Waals surface area contributed by atoms with Crippen LogP contribution in [0.3, 0.4) is 0 Å². The molecule has 0 bridgehead atoms. The Hall–Kier alpha value is -2.56. The minimum atomic E-state index is -0.404. The van der Waals surface area contributed by atoms with Crippen molar-refractivity contribution in [3.63, 3.8) is 0 Å². The largest absolute Gasteiger partial charge is 0.506 e. The van der Waals surface area contributed by atoms with Gasteiger partial charge in [0.1, 0.15) is 5.75 Å². The van der Waals surface area contributed by atoms with E-state index in [1.807, 2.05) is 0 Å². The van der Waals surface area contributed by atoms with Crippen molar-refractivity contribution in [2.24, 2.45) is 0 Å². The maximum Gasteiger partial charge on any atom is 0.250 e. The maximum absolute atomic E-state index is 11.5. The molecule has 0 aliphatic heterocycles. The van der Waals surface area contributed by atoms with Crippen LogP contribution in [-0.2, 0) is 9.59 Å². The van der Waals surface area contributed by atoms with Gasteiger partial charge in [-0.25, -0.2) is 0 Å². The van der Waals surface area contributed by atoms with Crippen LogP contribution in [0, 0.1) is 0 Å². The van der Waals surface area contributed by atoms with Crippen LogP contribution in [0.15, 0.2) is 42.5 Å². The van der Waals surface area contributed by atoms with Crippen molar-refractivity contribution >= 4 is 23.2 Å². The van der Waals surface area contributed by atoms with Gasteiger partial charge in [-0.2, -0.15) is 0 Å². The first-order valence-corrected chi connectivity index (χ1v) is 5.58. The van der Waals surface area contributed by atoms with Crippen molar-refractivity contribution in [3.8, 4) is 5.75 Å². The second kappa shape index (κ2) is 5.86. The summed E-state index contributed by atoms with van der Waals surface area (Å²) in [7, 11) is 0. The van der Waals surface area contributed by atoms with E-state index in [-0.39, 0.29) is 17.3 Å². The second-order valence-electron chi connectivity index (χ2n) is 4.20. The predicted molar refractivity (Wildman–Crippen MR) is 75.0 cm³/mol. The maximum atomic E-state index is 11.5. The molecule has 0 heterocycles. The first-order chi connectivity index (χ1) is 8.81. The van der Waals surface area contributed by atoms with Crippen LogP contribution >= 0.6 is 0 Å². The zero-order valence-electron chi connectivity index (χ0n) is 10.9. The lowest BCUT2D eigenvalue weighted by Crippen LogP contribution is -2.14. The molecule has 100 valence electrons. The topological polar surface area (TPSA) is 78.4 Å². The molecule has 5 nitrogen and oxygen atoms in total. The van der Waals surface area contributed by atoms with Crippen LogP contribution < -0.4 is 10.6 Å². The monoisotopic (exact) mass is 260 g/mol. The van der Waals surface area contributed by atoms with Gasteiger partial charge in [0.15, 0.2) is 0 Å². The fourth-order valence-electron chi connectivity index (χ4n) is 1.18. The molecule has 0 radical (unpaired) electrons. The summed E-state index contributed by atoms with van der Waals surface area (Å²) in [5.74, 6) is -0.829. The zero-order chi connectivity index (χ0) is 14.6. The standard InChI is InChI=1S/C14H16N2O3/c1-8(2)13(18)15-10-5-6-12(17)11(7-10)16-14(19)9(3)4/h5-7,17H,1,3H2,2,4H3,(H,15,18)(H,16,19). The molecular formula is C14H16N2O3. The van der Waals surface area contributed by atoms with Gasteiger partial charge in [-0.3, -0.25) is 9.59 Å². The molecule has 0 unspecified atom stereocenters. The highest BCUT2D eigenvalue weighted by Gasteiger charge is 2.09. The fraction of sp³-hybridized carbons (Fsp3) is 0.143. The molecule has 0 aliphatic carbocycles. The Morgan fingerprint density at radius 2 is 1.58 bits per heavy atom. The first kappa shape index (κ1) is 14.5. The van der Waals surface area contributed by atoms with Gasteiger partial charge in [-0.05, 0) is 32.0 Å². The molecular weight excluding hydrogens is 244 g/mol. The molecule has 2 amide bonds. The van der Waals surface area contributed by atoms with E-state index >= 15 is 0 Å². The number of benzene rings is 1. The summed E-state index contributed by atoms with van der Waals surface area (Å²) in [5.41, 5.74) is 1.33. The molecule has 0 aromatic heterocycles. The normalized spacial score (nSPS) is 9.58. The molecule has 0 saturated carbocycles. The molecule has 0 spiro atoms. The van der Waals surface area contributed by atoms with E-state index in [2.05, 4.69) is 23.8 Å². The van der Waals surface area contributed by atoms with Crippen LogP contribution in [0.5, 0.6) is 5.75 Å². The molecule has 0 saturated heterocycles. The highest BCUT2D eigenvalue weighted by atomic mass is 16.3. The summed E-state index contributed by atoms with van der Waals surface area (Å²) in [4.78, 5) is 22.9. The number of nitrogens with one attached hydrogen (secondary N) is 2. The number of carbonyl (C=O) groups is 2. The van der Waals surface area contributed by atoms with Crippen molar-refractivity contribution < 1.29 is 14.7 Å². The van der Waals surface area contributed by atoms with Crippen molar-refractivity contribution in [2.45, 2.75) is 13.8 Å². The average molecular weight is 260 g/mol. The summed E-state index contributed by atoms with van der Waals surface area (Å²) in [6.07, 6.45) is 0. The Bertz CT molecular complexity index is 562. The van der Waals surface area contributed by atoms with Gasteiger partial charge in [-0.1, -0.05) is 13.2 Å². The third-order valence-electron chi connectivity index (χ3n) is 2.28. The minimum Gasteiger partial charge on any atom is -0.506 e. The number of carbonyl (C=O) groups excluding carboxylic acids is 2. The molecule has 0 atom stereocenters. The van der Waals surface area contributed by atoms with Crippen LogP contribution in [0.2, 0.25) is 0 Å². The molecule has 1 aromatic carbocycles. The van der Waals surface area contributed by atoms with Gasteiger partial charge >= 0.3 is 0 Å². The molecule has 1 aromatic rings. The van der Waals surface area contributed by atoms with Gasteiger partial charge in [0, 0.05) is 16.8 Å². The number of aromatic hydroxyl groups is 1. The van der Waals surface area contributed by atoms with Gasteiger partial charge < -0.3 is 15.7 Å². The Morgan fingerprint density at radius 1 is 1.05 bits per heavy atom.